The molecule has 2 atom stereocenters. The van der Waals surface area contributed by atoms with E-state index in [9.17, 15) is 13.6 Å². The molecule has 0 fully saturated rings. The third kappa shape index (κ3) is 4.92. The van der Waals surface area contributed by atoms with E-state index in [4.69, 9.17) is 0 Å². The van der Waals surface area contributed by atoms with Crippen LogP contribution in [0.3, 0.4) is 0 Å². The van der Waals surface area contributed by atoms with Crippen molar-refractivity contribution in [2.75, 3.05) is 6.54 Å². The second-order valence-electron chi connectivity index (χ2n) is 7.30. The molecule has 1 amide bonds. The zero-order chi connectivity index (χ0) is 19.4. The number of amides is 1. The molecule has 0 unspecified atom stereocenters. The molecule has 0 bridgehead atoms. The molecule has 5 heteroatoms. The summed E-state index contributed by atoms with van der Waals surface area (Å²) in [5.41, 5.74) is 4.53. The minimum absolute atomic E-state index is 0.0786. The summed E-state index contributed by atoms with van der Waals surface area (Å²) in [6.07, 6.45) is 4.72. The molecule has 27 heavy (non-hydrogen) atoms. The van der Waals surface area contributed by atoms with Crippen molar-refractivity contribution in [2.24, 2.45) is 0 Å². The van der Waals surface area contributed by atoms with Gasteiger partial charge in [0, 0.05) is 6.04 Å². The van der Waals surface area contributed by atoms with Crippen LogP contribution in [0.5, 0.6) is 0 Å². The van der Waals surface area contributed by atoms with E-state index in [1.807, 2.05) is 13.8 Å². The highest BCUT2D eigenvalue weighted by Crippen LogP contribution is 2.24. The maximum absolute atomic E-state index is 13.3. The van der Waals surface area contributed by atoms with E-state index in [1.165, 1.54) is 30.0 Å². The van der Waals surface area contributed by atoms with Crippen LogP contribution in [-0.2, 0) is 17.6 Å². The maximum Gasteiger partial charge on any atom is 0.234 e. The monoisotopic (exact) mass is 372 g/mol. The Labute approximate surface area is 159 Å². The molecular formula is C22H26F2N2O. The Morgan fingerprint density at radius 3 is 2.33 bits per heavy atom. The van der Waals surface area contributed by atoms with E-state index in [1.54, 1.807) is 0 Å². The fourth-order valence-corrected chi connectivity index (χ4v) is 3.54. The highest BCUT2D eigenvalue weighted by molar-refractivity contribution is 5.78. The molecule has 3 nitrogen and oxygen atoms in total. The van der Waals surface area contributed by atoms with Crippen molar-refractivity contribution in [3.8, 4) is 0 Å². The first-order valence-electron chi connectivity index (χ1n) is 9.53. The summed E-state index contributed by atoms with van der Waals surface area (Å²) < 4.78 is 26.4. The van der Waals surface area contributed by atoms with Crippen LogP contribution in [0.4, 0.5) is 8.78 Å². The second-order valence-corrected chi connectivity index (χ2v) is 7.30. The van der Waals surface area contributed by atoms with Crippen molar-refractivity contribution in [2.45, 2.75) is 51.6 Å². The summed E-state index contributed by atoms with van der Waals surface area (Å²) in [7, 11) is 0. The largest absolute Gasteiger partial charge is 0.348 e. The summed E-state index contributed by atoms with van der Waals surface area (Å²) in [5.74, 6) is -1.89. The lowest BCUT2D eigenvalue weighted by atomic mass is 9.89. The zero-order valence-electron chi connectivity index (χ0n) is 15.8. The molecule has 2 N–H and O–H groups in total. The van der Waals surface area contributed by atoms with E-state index in [0.717, 1.165) is 30.5 Å². The molecule has 144 valence electrons. The van der Waals surface area contributed by atoms with Gasteiger partial charge in [0.25, 0.3) is 0 Å². The Balaban J connectivity index is 1.53. The van der Waals surface area contributed by atoms with E-state index in [-0.39, 0.29) is 24.5 Å². The number of benzene rings is 2. The van der Waals surface area contributed by atoms with Gasteiger partial charge >= 0.3 is 0 Å². The van der Waals surface area contributed by atoms with Crippen molar-refractivity contribution in [1.29, 1.82) is 0 Å². The van der Waals surface area contributed by atoms with Gasteiger partial charge in [-0.15, -0.1) is 0 Å². The number of carbonyl (C=O) groups is 1. The highest BCUT2D eigenvalue weighted by atomic mass is 19.2. The lowest BCUT2D eigenvalue weighted by molar-refractivity contribution is -0.121. The summed E-state index contributed by atoms with van der Waals surface area (Å²) in [6.45, 7) is 3.89. The van der Waals surface area contributed by atoms with Gasteiger partial charge < -0.3 is 10.6 Å². The topological polar surface area (TPSA) is 41.1 Å². The fraction of sp³-hybridized carbons (Fsp3) is 0.409. The van der Waals surface area contributed by atoms with Gasteiger partial charge in [-0.3, -0.25) is 4.79 Å². The number of carbonyl (C=O) groups excluding carboxylic acids is 1. The van der Waals surface area contributed by atoms with Crippen LogP contribution in [0.25, 0.3) is 0 Å². The number of fused-ring (bicyclic) bond motifs is 1. The molecule has 0 radical (unpaired) electrons. The average molecular weight is 372 g/mol. The molecule has 0 heterocycles. The smallest absolute Gasteiger partial charge is 0.234 e. The van der Waals surface area contributed by atoms with Gasteiger partial charge in [-0.25, -0.2) is 8.78 Å². The Bertz CT molecular complexity index is 822. The quantitative estimate of drug-likeness (QED) is 0.790. The van der Waals surface area contributed by atoms with E-state index < -0.39 is 11.6 Å². The van der Waals surface area contributed by atoms with Crippen LogP contribution >= 0.6 is 0 Å². The fourth-order valence-electron chi connectivity index (χ4n) is 3.54. The molecule has 2 aromatic carbocycles. The molecule has 3 rings (SSSR count). The van der Waals surface area contributed by atoms with Crippen molar-refractivity contribution in [3.63, 3.8) is 0 Å². The minimum Gasteiger partial charge on any atom is -0.348 e. The average Bonchev–Trinajstić information content (AvgIpc) is 2.67. The summed E-state index contributed by atoms with van der Waals surface area (Å²) in [4.78, 5) is 12.3. The van der Waals surface area contributed by atoms with E-state index in [2.05, 4.69) is 28.8 Å². The molecule has 2 aromatic rings. The molecular weight excluding hydrogens is 346 g/mol. The van der Waals surface area contributed by atoms with Crippen LogP contribution in [0.15, 0.2) is 36.4 Å². The summed E-state index contributed by atoms with van der Waals surface area (Å²) >= 11 is 0. The first kappa shape index (κ1) is 19.5. The van der Waals surface area contributed by atoms with Crippen molar-refractivity contribution < 1.29 is 13.6 Å². The third-order valence-corrected chi connectivity index (χ3v) is 5.26. The van der Waals surface area contributed by atoms with Gasteiger partial charge in [0.1, 0.15) is 0 Å². The van der Waals surface area contributed by atoms with Crippen molar-refractivity contribution in [1.82, 2.24) is 10.6 Å². The molecule has 0 aliphatic heterocycles. The highest BCUT2D eigenvalue weighted by Gasteiger charge is 2.15. The standard InChI is InChI=1S/C22H26F2N2O/c1-14(18-9-10-20(23)21(24)12-18)25-13-22(27)26-15(2)17-8-7-16-5-3-4-6-19(16)11-17/h7-12,14-15,25H,3-6,13H2,1-2H3,(H,26,27)/t14-,15+/m0/s1. The third-order valence-electron chi connectivity index (χ3n) is 5.26. The Morgan fingerprint density at radius 2 is 1.59 bits per heavy atom. The Kier molecular flexibility index (Phi) is 6.22. The molecule has 0 aromatic heterocycles. The van der Waals surface area contributed by atoms with Crippen LogP contribution < -0.4 is 10.6 Å². The number of nitrogens with one attached hydrogen (secondary N) is 2. The summed E-state index contributed by atoms with van der Waals surface area (Å²) in [5, 5.41) is 6.05. The molecule has 0 saturated carbocycles. The summed E-state index contributed by atoms with van der Waals surface area (Å²) in [6, 6.07) is 9.90. The van der Waals surface area contributed by atoms with Crippen LogP contribution in [0.1, 0.15) is 61.0 Å². The second kappa shape index (κ2) is 8.61. The van der Waals surface area contributed by atoms with Gasteiger partial charge in [0.05, 0.1) is 12.6 Å². The van der Waals surface area contributed by atoms with Gasteiger partial charge in [-0.05, 0) is 73.9 Å². The number of hydrogen-bond acceptors (Lipinski definition) is 2. The van der Waals surface area contributed by atoms with Gasteiger partial charge in [0.2, 0.25) is 5.91 Å². The normalized spacial score (nSPS) is 15.7. The van der Waals surface area contributed by atoms with Crippen molar-refractivity contribution >= 4 is 5.91 Å². The SMILES string of the molecule is C[C@H](NCC(=O)N[C@H](C)c1ccc2c(c1)CCCC2)c1ccc(F)c(F)c1. The predicted octanol–water partition coefficient (Wildman–Crippen LogP) is 4.37. The number of aryl methyl sites for hydroxylation is 2. The molecule has 0 spiro atoms. The van der Waals surface area contributed by atoms with E-state index >= 15 is 0 Å². The van der Waals surface area contributed by atoms with E-state index in [0.29, 0.717) is 5.56 Å². The molecule has 0 saturated heterocycles. The number of halogens is 2. The van der Waals surface area contributed by atoms with Crippen molar-refractivity contribution in [3.05, 3.63) is 70.3 Å². The van der Waals surface area contributed by atoms with Crippen LogP contribution in [0.2, 0.25) is 0 Å². The van der Waals surface area contributed by atoms with Gasteiger partial charge in [-0.1, -0.05) is 24.3 Å². The zero-order valence-corrected chi connectivity index (χ0v) is 15.8. The number of rotatable bonds is 6. The molecule has 1 aliphatic carbocycles. The van der Waals surface area contributed by atoms with Crippen LogP contribution in [-0.4, -0.2) is 12.5 Å². The Hall–Kier alpha value is -2.27. The minimum atomic E-state index is -0.883. The lowest BCUT2D eigenvalue weighted by Crippen LogP contribution is -2.36. The van der Waals surface area contributed by atoms with Crippen LogP contribution in [0, 0.1) is 11.6 Å². The lowest BCUT2D eigenvalue weighted by Gasteiger charge is -2.20. The molecule has 1 aliphatic rings. The maximum atomic E-state index is 13.3. The number of hydrogen-bond donors (Lipinski definition) is 2. The first-order valence-corrected chi connectivity index (χ1v) is 9.53. The van der Waals surface area contributed by atoms with Gasteiger partial charge in [-0.2, -0.15) is 0 Å². The first-order chi connectivity index (χ1) is 12.9. The Morgan fingerprint density at radius 1 is 0.926 bits per heavy atom. The van der Waals surface area contributed by atoms with Gasteiger partial charge in [0.15, 0.2) is 11.6 Å². The predicted molar refractivity (Wildman–Crippen MR) is 102 cm³/mol.